The minimum atomic E-state index is -0.348. The number of rotatable bonds is 4. The summed E-state index contributed by atoms with van der Waals surface area (Å²) in [6.07, 6.45) is 0.542. The molecule has 2 fully saturated rings. The molecule has 124 valence electrons. The molecule has 2 aliphatic rings. The molecule has 0 saturated carbocycles. The maximum atomic E-state index is 13.2. The van der Waals surface area contributed by atoms with Crippen LogP contribution in [0.3, 0.4) is 0 Å². The smallest absolute Gasteiger partial charge is 0.249 e. The van der Waals surface area contributed by atoms with Gasteiger partial charge in [-0.05, 0) is 12.1 Å². The predicted octanol–water partition coefficient (Wildman–Crippen LogP) is 0.664. The van der Waals surface area contributed by atoms with E-state index < -0.39 is 0 Å². The number of likely N-dealkylation sites (tertiary alicyclic amines) is 1. The lowest BCUT2D eigenvalue weighted by atomic mass is 10.3. The molecule has 2 amide bonds. The Labute approximate surface area is 133 Å². The zero-order valence-electron chi connectivity index (χ0n) is 12.7. The molecule has 23 heavy (non-hydrogen) atoms. The Bertz CT molecular complexity index is 595. The number of hydrogen-bond acceptors (Lipinski definition) is 4. The normalized spacial score (nSPS) is 21.6. The molecule has 2 heterocycles. The first-order valence-corrected chi connectivity index (χ1v) is 7.67. The second-order valence-electron chi connectivity index (χ2n) is 5.69. The van der Waals surface area contributed by atoms with Crippen LogP contribution in [0.1, 0.15) is 6.42 Å². The molecule has 6 nitrogen and oxygen atoms in total. The van der Waals surface area contributed by atoms with Gasteiger partial charge < -0.3 is 19.3 Å². The second-order valence-corrected chi connectivity index (χ2v) is 5.69. The van der Waals surface area contributed by atoms with E-state index in [2.05, 4.69) is 0 Å². The van der Waals surface area contributed by atoms with Gasteiger partial charge in [0.05, 0.1) is 19.7 Å². The SMILES string of the molecule is O=C1COCCN1CC(=O)N1CCC(Oc2cccc(F)c2)C1. The molecule has 1 unspecified atom stereocenters. The van der Waals surface area contributed by atoms with E-state index in [0.717, 1.165) is 0 Å². The van der Waals surface area contributed by atoms with E-state index in [1.165, 1.54) is 17.0 Å². The van der Waals surface area contributed by atoms with E-state index in [9.17, 15) is 14.0 Å². The third kappa shape index (κ3) is 3.98. The fourth-order valence-electron chi connectivity index (χ4n) is 2.76. The van der Waals surface area contributed by atoms with Crippen molar-refractivity contribution < 1.29 is 23.5 Å². The maximum absolute atomic E-state index is 13.2. The summed E-state index contributed by atoms with van der Waals surface area (Å²) in [4.78, 5) is 27.1. The number of morpholine rings is 1. The Hall–Kier alpha value is -2.15. The summed E-state index contributed by atoms with van der Waals surface area (Å²) in [5, 5.41) is 0. The summed E-state index contributed by atoms with van der Waals surface area (Å²) >= 11 is 0. The van der Waals surface area contributed by atoms with Crippen molar-refractivity contribution in [1.29, 1.82) is 0 Å². The van der Waals surface area contributed by atoms with Crippen LogP contribution in [0.5, 0.6) is 5.75 Å². The highest BCUT2D eigenvalue weighted by atomic mass is 19.1. The quantitative estimate of drug-likeness (QED) is 0.817. The maximum Gasteiger partial charge on any atom is 0.249 e. The lowest BCUT2D eigenvalue weighted by molar-refractivity contribution is -0.148. The third-order valence-corrected chi connectivity index (χ3v) is 4.01. The van der Waals surface area contributed by atoms with E-state index in [0.29, 0.717) is 38.4 Å². The first kappa shape index (κ1) is 15.7. The summed E-state index contributed by atoms with van der Waals surface area (Å²) < 4.78 is 23.9. The second kappa shape index (κ2) is 6.95. The van der Waals surface area contributed by atoms with E-state index in [1.54, 1.807) is 17.0 Å². The molecule has 0 radical (unpaired) electrons. The number of carbonyl (C=O) groups is 2. The standard InChI is InChI=1S/C16H19FN2O4/c17-12-2-1-3-13(8-12)23-14-4-5-18(9-14)15(20)10-19-6-7-22-11-16(19)21/h1-3,8,14H,4-7,9-11H2. The van der Waals surface area contributed by atoms with Gasteiger partial charge in [-0.25, -0.2) is 4.39 Å². The highest BCUT2D eigenvalue weighted by molar-refractivity contribution is 5.85. The molecule has 2 aliphatic heterocycles. The number of halogens is 1. The van der Waals surface area contributed by atoms with Gasteiger partial charge in [0.1, 0.15) is 24.3 Å². The van der Waals surface area contributed by atoms with Crippen LogP contribution in [0.2, 0.25) is 0 Å². The van der Waals surface area contributed by atoms with Gasteiger partial charge in [-0.15, -0.1) is 0 Å². The van der Waals surface area contributed by atoms with Gasteiger partial charge in [-0.1, -0.05) is 6.07 Å². The van der Waals surface area contributed by atoms with Crippen LogP contribution in [0.4, 0.5) is 4.39 Å². The molecule has 1 atom stereocenters. The fourth-order valence-corrected chi connectivity index (χ4v) is 2.76. The number of benzene rings is 1. The van der Waals surface area contributed by atoms with Gasteiger partial charge >= 0.3 is 0 Å². The minimum Gasteiger partial charge on any atom is -0.488 e. The Balaban J connectivity index is 1.50. The molecule has 0 aliphatic carbocycles. The van der Waals surface area contributed by atoms with Crippen molar-refractivity contribution in [2.24, 2.45) is 0 Å². The number of ether oxygens (including phenoxy) is 2. The van der Waals surface area contributed by atoms with Crippen molar-refractivity contribution in [1.82, 2.24) is 9.80 Å². The van der Waals surface area contributed by atoms with E-state index in [-0.39, 0.29) is 36.9 Å². The summed E-state index contributed by atoms with van der Waals surface area (Å²) in [5.41, 5.74) is 0. The zero-order chi connectivity index (χ0) is 16.2. The van der Waals surface area contributed by atoms with Crippen molar-refractivity contribution in [3.63, 3.8) is 0 Å². The molecule has 1 aromatic carbocycles. The molecule has 3 rings (SSSR count). The highest BCUT2D eigenvalue weighted by Crippen LogP contribution is 2.19. The van der Waals surface area contributed by atoms with Crippen molar-refractivity contribution >= 4 is 11.8 Å². The number of amides is 2. The van der Waals surface area contributed by atoms with E-state index >= 15 is 0 Å². The average Bonchev–Trinajstić information content (AvgIpc) is 2.98. The number of carbonyl (C=O) groups excluding carboxylic acids is 2. The molecule has 2 saturated heterocycles. The van der Waals surface area contributed by atoms with Gasteiger partial charge in [0, 0.05) is 25.6 Å². The summed E-state index contributed by atoms with van der Waals surface area (Å²) in [5.74, 6) is -0.131. The summed E-state index contributed by atoms with van der Waals surface area (Å²) in [6, 6.07) is 5.97. The predicted molar refractivity (Wildman–Crippen MR) is 79.4 cm³/mol. The van der Waals surface area contributed by atoms with Crippen molar-refractivity contribution in [2.45, 2.75) is 12.5 Å². The first-order chi connectivity index (χ1) is 11.1. The van der Waals surface area contributed by atoms with Crippen LogP contribution in [-0.2, 0) is 14.3 Å². The van der Waals surface area contributed by atoms with Crippen molar-refractivity contribution in [3.05, 3.63) is 30.1 Å². The van der Waals surface area contributed by atoms with Crippen molar-refractivity contribution in [2.75, 3.05) is 39.4 Å². The largest absolute Gasteiger partial charge is 0.488 e. The highest BCUT2D eigenvalue weighted by Gasteiger charge is 2.30. The molecule has 0 spiro atoms. The van der Waals surface area contributed by atoms with Crippen LogP contribution in [0.15, 0.2) is 24.3 Å². The molecule has 0 N–H and O–H groups in total. The zero-order valence-corrected chi connectivity index (χ0v) is 12.7. The Morgan fingerprint density at radius 2 is 2.26 bits per heavy atom. The Morgan fingerprint density at radius 1 is 1.39 bits per heavy atom. The van der Waals surface area contributed by atoms with Crippen LogP contribution >= 0.6 is 0 Å². The lowest BCUT2D eigenvalue weighted by Crippen LogP contribution is -2.47. The van der Waals surface area contributed by atoms with E-state index in [1.807, 2.05) is 0 Å². The van der Waals surface area contributed by atoms with Gasteiger partial charge in [-0.2, -0.15) is 0 Å². The first-order valence-electron chi connectivity index (χ1n) is 7.67. The molecular weight excluding hydrogens is 303 g/mol. The topological polar surface area (TPSA) is 59.1 Å². The molecular formula is C16H19FN2O4. The number of nitrogens with zero attached hydrogens (tertiary/aromatic N) is 2. The average molecular weight is 322 g/mol. The lowest BCUT2D eigenvalue weighted by Gasteiger charge is -2.28. The van der Waals surface area contributed by atoms with Crippen LogP contribution < -0.4 is 4.74 Å². The van der Waals surface area contributed by atoms with Gasteiger partial charge in [0.2, 0.25) is 11.8 Å². The van der Waals surface area contributed by atoms with E-state index in [4.69, 9.17) is 9.47 Å². The van der Waals surface area contributed by atoms with Crippen LogP contribution in [-0.4, -0.2) is 67.1 Å². The summed E-state index contributed by atoms with van der Waals surface area (Å²) in [6.45, 7) is 2.06. The number of hydrogen-bond donors (Lipinski definition) is 0. The molecule has 7 heteroatoms. The molecule has 0 aromatic heterocycles. The molecule has 1 aromatic rings. The minimum absolute atomic E-state index is 0.0403. The van der Waals surface area contributed by atoms with Gasteiger partial charge in [0.15, 0.2) is 0 Å². The Kier molecular flexibility index (Phi) is 4.76. The van der Waals surface area contributed by atoms with Crippen molar-refractivity contribution in [3.8, 4) is 5.75 Å². The monoisotopic (exact) mass is 322 g/mol. The van der Waals surface area contributed by atoms with Gasteiger partial charge in [-0.3, -0.25) is 9.59 Å². The van der Waals surface area contributed by atoms with Crippen LogP contribution in [0, 0.1) is 5.82 Å². The van der Waals surface area contributed by atoms with Crippen LogP contribution in [0.25, 0.3) is 0 Å². The molecule has 0 bridgehead atoms. The fraction of sp³-hybridized carbons (Fsp3) is 0.500. The summed E-state index contributed by atoms with van der Waals surface area (Å²) in [7, 11) is 0. The van der Waals surface area contributed by atoms with Gasteiger partial charge in [0.25, 0.3) is 0 Å². The third-order valence-electron chi connectivity index (χ3n) is 4.01. The Morgan fingerprint density at radius 3 is 3.04 bits per heavy atom.